The third-order valence-electron chi connectivity index (χ3n) is 3.98. The van der Waals surface area contributed by atoms with Crippen LogP contribution in [-0.4, -0.2) is 26.6 Å². The third kappa shape index (κ3) is 4.08. The molecule has 0 heterocycles. The van der Waals surface area contributed by atoms with Crippen LogP contribution in [0.2, 0.25) is 10.0 Å². The Morgan fingerprint density at radius 3 is 2.23 bits per heavy atom. The third-order valence-corrected chi connectivity index (χ3v) is 4.61. The first-order valence-corrected chi connectivity index (χ1v) is 9.08. The molecule has 0 atom stereocenters. The van der Waals surface area contributed by atoms with E-state index >= 15 is 0 Å². The van der Waals surface area contributed by atoms with Crippen LogP contribution in [0.5, 0.6) is 17.2 Å². The van der Waals surface area contributed by atoms with Gasteiger partial charge in [-0.2, -0.15) is 0 Å². The smallest absolute Gasteiger partial charge is 0.204 e. The first-order valence-electron chi connectivity index (χ1n) is 8.33. The maximum absolute atomic E-state index is 13.3. The fraction of sp³-hybridized carbons (Fsp3) is 0.350. The molecule has 0 aliphatic carbocycles. The Bertz CT molecular complexity index is 783. The quantitative estimate of drug-likeness (QED) is 0.422. The van der Waals surface area contributed by atoms with Crippen molar-refractivity contribution in [3.05, 3.63) is 51.0 Å². The minimum absolute atomic E-state index is 0.242. The highest BCUT2D eigenvalue weighted by Gasteiger charge is 2.27. The maximum atomic E-state index is 13.3. The molecule has 6 heteroatoms. The fourth-order valence-electron chi connectivity index (χ4n) is 2.66. The van der Waals surface area contributed by atoms with E-state index < -0.39 is 0 Å². The fourth-order valence-corrected chi connectivity index (χ4v) is 3.23. The summed E-state index contributed by atoms with van der Waals surface area (Å²) in [5.41, 5.74) is 1.30. The van der Waals surface area contributed by atoms with Gasteiger partial charge in [0.25, 0.3) is 0 Å². The number of carbonyl (C=O) groups is 1. The Kier molecular flexibility index (Phi) is 7.18. The summed E-state index contributed by atoms with van der Waals surface area (Å²) in [4.78, 5) is 13.3. The Morgan fingerprint density at radius 2 is 1.69 bits per heavy atom. The molecule has 0 fully saturated rings. The second kappa shape index (κ2) is 9.15. The summed E-state index contributed by atoms with van der Waals surface area (Å²) < 4.78 is 16.8. The van der Waals surface area contributed by atoms with Crippen LogP contribution in [0.15, 0.2) is 24.3 Å². The van der Waals surface area contributed by atoms with E-state index in [1.165, 1.54) is 7.11 Å². The number of unbranched alkanes of at least 4 members (excludes halogenated alkanes) is 1. The van der Waals surface area contributed by atoms with Gasteiger partial charge in [0.05, 0.1) is 42.0 Å². The van der Waals surface area contributed by atoms with Gasteiger partial charge in [0.2, 0.25) is 5.75 Å². The van der Waals surface area contributed by atoms with Crippen LogP contribution in [0.3, 0.4) is 0 Å². The molecule has 0 saturated carbocycles. The molecule has 2 rings (SSSR count). The highest BCUT2D eigenvalue weighted by Crippen LogP contribution is 2.44. The molecule has 2 aromatic rings. The maximum Gasteiger partial charge on any atom is 0.204 e. The standard InChI is InChI=1S/C20H22Cl2O4/c1-5-6-10-26-20-16(12(2)11-15(24-3)19(20)25-4)18(23)17-13(21)8-7-9-14(17)22/h7-9,11H,5-6,10H2,1-4H3. The summed E-state index contributed by atoms with van der Waals surface area (Å²) >= 11 is 12.5. The van der Waals surface area contributed by atoms with Crippen LogP contribution in [0, 0.1) is 6.92 Å². The van der Waals surface area contributed by atoms with E-state index in [9.17, 15) is 4.79 Å². The molecule has 0 radical (unpaired) electrons. The second-order valence-corrected chi connectivity index (χ2v) is 6.58. The van der Waals surface area contributed by atoms with E-state index in [2.05, 4.69) is 6.92 Å². The summed E-state index contributed by atoms with van der Waals surface area (Å²) in [7, 11) is 3.05. The van der Waals surface area contributed by atoms with Crippen LogP contribution in [0.1, 0.15) is 41.3 Å². The van der Waals surface area contributed by atoms with Crippen molar-refractivity contribution < 1.29 is 19.0 Å². The highest BCUT2D eigenvalue weighted by atomic mass is 35.5. The van der Waals surface area contributed by atoms with Crippen LogP contribution in [-0.2, 0) is 0 Å². The van der Waals surface area contributed by atoms with E-state index in [-0.39, 0.29) is 21.4 Å². The van der Waals surface area contributed by atoms with Gasteiger partial charge < -0.3 is 14.2 Å². The lowest BCUT2D eigenvalue weighted by Crippen LogP contribution is -2.11. The highest BCUT2D eigenvalue weighted by molar-refractivity contribution is 6.41. The van der Waals surface area contributed by atoms with E-state index in [1.807, 2.05) is 6.92 Å². The summed E-state index contributed by atoms with van der Waals surface area (Å²) in [6.07, 6.45) is 1.81. The predicted octanol–water partition coefficient (Wildman–Crippen LogP) is 5.73. The monoisotopic (exact) mass is 396 g/mol. The Morgan fingerprint density at radius 1 is 1.04 bits per heavy atom. The molecule has 0 spiro atoms. The summed E-state index contributed by atoms with van der Waals surface area (Å²) in [5, 5.41) is 0.576. The van der Waals surface area contributed by atoms with Crippen molar-refractivity contribution in [2.45, 2.75) is 26.7 Å². The van der Waals surface area contributed by atoms with Crippen molar-refractivity contribution in [2.75, 3.05) is 20.8 Å². The number of methoxy groups -OCH3 is 2. The van der Waals surface area contributed by atoms with Crippen LogP contribution >= 0.6 is 23.2 Å². The molecule has 0 saturated heterocycles. The van der Waals surface area contributed by atoms with Gasteiger partial charge in [-0.05, 0) is 37.1 Å². The number of hydrogen-bond donors (Lipinski definition) is 0. The SMILES string of the molecule is CCCCOc1c(OC)c(OC)cc(C)c1C(=O)c1c(Cl)cccc1Cl. The minimum Gasteiger partial charge on any atom is -0.493 e. The normalized spacial score (nSPS) is 10.5. The average Bonchev–Trinajstić information content (AvgIpc) is 2.61. The van der Waals surface area contributed by atoms with Gasteiger partial charge in [-0.1, -0.05) is 42.6 Å². The summed E-state index contributed by atoms with van der Waals surface area (Å²) in [6.45, 7) is 4.33. The van der Waals surface area contributed by atoms with E-state index in [0.717, 1.165) is 12.8 Å². The average molecular weight is 397 g/mol. The lowest BCUT2D eigenvalue weighted by Gasteiger charge is -2.19. The van der Waals surface area contributed by atoms with Crippen molar-refractivity contribution in [3.8, 4) is 17.2 Å². The molecule has 0 N–H and O–H groups in total. The predicted molar refractivity (Wildman–Crippen MR) is 105 cm³/mol. The van der Waals surface area contributed by atoms with Crippen molar-refractivity contribution in [1.29, 1.82) is 0 Å². The van der Waals surface area contributed by atoms with Crippen LogP contribution in [0.25, 0.3) is 0 Å². The molecule has 0 bridgehead atoms. The summed E-state index contributed by atoms with van der Waals surface area (Å²) in [6, 6.07) is 6.70. The molecule has 0 aromatic heterocycles. The van der Waals surface area contributed by atoms with Gasteiger partial charge >= 0.3 is 0 Å². The molecule has 0 aliphatic rings. The molecule has 0 unspecified atom stereocenters. The lowest BCUT2D eigenvalue weighted by atomic mass is 9.96. The first-order chi connectivity index (χ1) is 12.5. The van der Waals surface area contributed by atoms with Gasteiger partial charge in [-0.3, -0.25) is 4.79 Å². The zero-order chi connectivity index (χ0) is 19.3. The first kappa shape index (κ1) is 20.4. The van der Waals surface area contributed by atoms with Gasteiger partial charge in [-0.25, -0.2) is 0 Å². The number of ether oxygens (including phenoxy) is 3. The Balaban J connectivity index is 2.67. The van der Waals surface area contributed by atoms with Crippen LogP contribution < -0.4 is 14.2 Å². The number of aryl methyl sites for hydroxylation is 1. The molecule has 4 nitrogen and oxygen atoms in total. The number of ketones is 1. The number of hydrogen-bond acceptors (Lipinski definition) is 4. The molecular weight excluding hydrogens is 375 g/mol. The molecular formula is C20H22Cl2O4. The zero-order valence-corrected chi connectivity index (χ0v) is 16.8. The number of carbonyl (C=O) groups excluding carboxylic acids is 1. The van der Waals surface area contributed by atoms with Crippen molar-refractivity contribution in [2.24, 2.45) is 0 Å². The molecule has 26 heavy (non-hydrogen) atoms. The molecule has 0 amide bonds. The van der Waals surface area contributed by atoms with E-state index in [0.29, 0.717) is 35.0 Å². The van der Waals surface area contributed by atoms with E-state index in [1.54, 1.807) is 31.4 Å². The molecule has 140 valence electrons. The van der Waals surface area contributed by atoms with Gasteiger partial charge in [-0.15, -0.1) is 0 Å². The molecule has 0 aliphatic heterocycles. The topological polar surface area (TPSA) is 44.8 Å². The molecule has 2 aromatic carbocycles. The van der Waals surface area contributed by atoms with Gasteiger partial charge in [0.15, 0.2) is 17.3 Å². The van der Waals surface area contributed by atoms with Gasteiger partial charge in [0.1, 0.15) is 0 Å². The summed E-state index contributed by atoms with van der Waals surface area (Å²) in [5.74, 6) is 0.906. The lowest BCUT2D eigenvalue weighted by molar-refractivity contribution is 0.103. The minimum atomic E-state index is -0.314. The van der Waals surface area contributed by atoms with Crippen molar-refractivity contribution in [3.63, 3.8) is 0 Å². The van der Waals surface area contributed by atoms with Crippen molar-refractivity contribution >= 4 is 29.0 Å². The van der Waals surface area contributed by atoms with Crippen molar-refractivity contribution in [1.82, 2.24) is 0 Å². The van der Waals surface area contributed by atoms with E-state index in [4.69, 9.17) is 37.4 Å². The largest absolute Gasteiger partial charge is 0.493 e. The Labute approximate surface area is 164 Å². The second-order valence-electron chi connectivity index (χ2n) is 5.76. The zero-order valence-electron chi connectivity index (χ0n) is 15.3. The van der Waals surface area contributed by atoms with Crippen LogP contribution in [0.4, 0.5) is 0 Å². The van der Waals surface area contributed by atoms with Gasteiger partial charge in [0, 0.05) is 0 Å². The number of rotatable bonds is 8. The number of benzene rings is 2. The Hall–Kier alpha value is -1.91. The number of halogens is 2.